The first-order chi connectivity index (χ1) is 9.95. The quantitative estimate of drug-likeness (QED) is 0.250. The molecule has 0 N–H and O–H groups in total. The van der Waals surface area contributed by atoms with Gasteiger partial charge in [0.2, 0.25) is 0 Å². The SMILES string of the molecule is CC(CCS(=O)(=O)[O-])OCCCCCCCCCCCF.[Na+]. The van der Waals surface area contributed by atoms with Gasteiger partial charge in [0, 0.05) is 12.4 Å². The van der Waals surface area contributed by atoms with E-state index in [0.29, 0.717) is 13.0 Å². The molecule has 7 heteroatoms. The van der Waals surface area contributed by atoms with Gasteiger partial charge in [-0.1, -0.05) is 44.9 Å². The zero-order chi connectivity index (χ0) is 16.0. The second-order valence-electron chi connectivity index (χ2n) is 5.60. The number of hydrogen-bond donors (Lipinski definition) is 0. The van der Waals surface area contributed by atoms with E-state index >= 15 is 0 Å². The van der Waals surface area contributed by atoms with Crippen LogP contribution in [0.4, 0.5) is 4.39 Å². The van der Waals surface area contributed by atoms with Crippen LogP contribution in [-0.2, 0) is 14.9 Å². The van der Waals surface area contributed by atoms with Crippen LogP contribution < -0.4 is 29.6 Å². The largest absolute Gasteiger partial charge is 1.00 e. The van der Waals surface area contributed by atoms with Crippen molar-refractivity contribution in [1.82, 2.24) is 0 Å². The molecule has 0 aliphatic rings. The zero-order valence-electron chi connectivity index (χ0n) is 14.2. The average Bonchev–Trinajstić information content (AvgIpc) is 2.42. The molecule has 1 unspecified atom stereocenters. The molecule has 0 fully saturated rings. The molecule has 0 saturated heterocycles. The second-order valence-corrected chi connectivity index (χ2v) is 7.13. The van der Waals surface area contributed by atoms with Gasteiger partial charge in [-0.2, -0.15) is 0 Å². The number of halogens is 1. The van der Waals surface area contributed by atoms with Crippen LogP contribution in [0.3, 0.4) is 0 Å². The van der Waals surface area contributed by atoms with Gasteiger partial charge in [0.1, 0.15) is 0 Å². The van der Waals surface area contributed by atoms with E-state index in [4.69, 9.17) is 4.74 Å². The Morgan fingerprint density at radius 2 is 1.41 bits per heavy atom. The van der Waals surface area contributed by atoms with Gasteiger partial charge in [-0.3, -0.25) is 4.39 Å². The molecular formula is C15H30FNaO4S. The maximum atomic E-state index is 11.8. The number of alkyl halides is 1. The Morgan fingerprint density at radius 1 is 0.955 bits per heavy atom. The summed E-state index contributed by atoms with van der Waals surface area (Å²) in [5, 5.41) is 0. The van der Waals surface area contributed by atoms with Crippen LogP contribution in [0.25, 0.3) is 0 Å². The molecule has 128 valence electrons. The van der Waals surface area contributed by atoms with Gasteiger partial charge in [0.05, 0.1) is 22.9 Å². The minimum absolute atomic E-state index is 0. The van der Waals surface area contributed by atoms with Crippen molar-refractivity contribution >= 4 is 10.1 Å². The predicted octanol–water partition coefficient (Wildman–Crippen LogP) is 0.811. The monoisotopic (exact) mass is 348 g/mol. The maximum absolute atomic E-state index is 11.8. The first kappa shape index (κ1) is 25.0. The first-order valence-electron chi connectivity index (χ1n) is 8.07. The Bertz CT molecular complexity index is 326. The fourth-order valence-electron chi connectivity index (χ4n) is 2.11. The summed E-state index contributed by atoms with van der Waals surface area (Å²) in [4.78, 5) is 0. The second kappa shape index (κ2) is 16.7. The van der Waals surface area contributed by atoms with Crippen LogP contribution in [-0.4, -0.2) is 38.1 Å². The third-order valence-electron chi connectivity index (χ3n) is 3.45. The molecule has 0 radical (unpaired) electrons. The summed E-state index contributed by atoms with van der Waals surface area (Å²) in [5.41, 5.74) is 0. The molecule has 0 aromatic heterocycles. The molecule has 0 spiro atoms. The molecule has 22 heavy (non-hydrogen) atoms. The maximum Gasteiger partial charge on any atom is 1.00 e. The fraction of sp³-hybridized carbons (Fsp3) is 1.00. The van der Waals surface area contributed by atoms with E-state index in [1.165, 1.54) is 25.7 Å². The summed E-state index contributed by atoms with van der Waals surface area (Å²) in [7, 11) is -4.12. The Labute approximate surface area is 157 Å². The van der Waals surface area contributed by atoms with Crippen molar-refractivity contribution in [3.8, 4) is 0 Å². The molecular weight excluding hydrogens is 318 g/mol. The van der Waals surface area contributed by atoms with Crippen molar-refractivity contribution in [3.05, 3.63) is 0 Å². The molecule has 0 saturated carbocycles. The number of rotatable bonds is 15. The molecule has 0 amide bonds. The predicted molar refractivity (Wildman–Crippen MR) is 82.1 cm³/mol. The van der Waals surface area contributed by atoms with E-state index in [1.807, 2.05) is 0 Å². The van der Waals surface area contributed by atoms with Crippen molar-refractivity contribution in [2.75, 3.05) is 19.0 Å². The van der Waals surface area contributed by atoms with Gasteiger partial charge < -0.3 is 9.29 Å². The van der Waals surface area contributed by atoms with Crippen LogP contribution in [0.5, 0.6) is 0 Å². The van der Waals surface area contributed by atoms with Crippen molar-refractivity contribution in [2.24, 2.45) is 0 Å². The molecule has 0 aromatic rings. The Balaban J connectivity index is 0. The van der Waals surface area contributed by atoms with Crippen molar-refractivity contribution in [1.29, 1.82) is 0 Å². The molecule has 4 nitrogen and oxygen atoms in total. The zero-order valence-corrected chi connectivity index (χ0v) is 17.0. The van der Waals surface area contributed by atoms with Crippen LogP contribution in [0, 0.1) is 0 Å². The molecule has 0 aromatic carbocycles. The van der Waals surface area contributed by atoms with Crippen LogP contribution in [0.15, 0.2) is 0 Å². The summed E-state index contributed by atoms with van der Waals surface area (Å²) in [5.74, 6) is -0.351. The van der Waals surface area contributed by atoms with Crippen LogP contribution in [0.1, 0.15) is 71.1 Å². The first-order valence-corrected chi connectivity index (χ1v) is 9.64. The normalized spacial score (nSPS) is 12.9. The fourth-order valence-corrected chi connectivity index (χ4v) is 2.73. The van der Waals surface area contributed by atoms with E-state index in [1.54, 1.807) is 6.92 Å². The average molecular weight is 348 g/mol. The van der Waals surface area contributed by atoms with Gasteiger partial charge in [0.25, 0.3) is 0 Å². The summed E-state index contributed by atoms with van der Waals surface area (Å²) in [6.45, 7) is 2.22. The third-order valence-corrected chi connectivity index (χ3v) is 4.19. The molecule has 0 aliphatic carbocycles. The summed E-state index contributed by atoms with van der Waals surface area (Å²) in [6.07, 6.45) is 9.79. The molecule has 0 heterocycles. The van der Waals surface area contributed by atoms with E-state index < -0.39 is 10.1 Å². The van der Waals surface area contributed by atoms with Gasteiger partial charge in [0.15, 0.2) is 0 Å². The Morgan fingerprint density at radius 3 is 1.86 bits per heavy atom. The summed E-state index contributed by atoms with van der Waals surface area (Å²) in [6, 6.07) is 0. The van der Waals surface area contributed by atoms with E-state index in [2.05, 4.69) is 0 Å². The summed E-state index contributed by atoms with van der Waals surface area (Å²) < 4.78 is 48.7. The number of hydrogen-bond acceptors (Lipinski definition) is 4. The van der Waals surface area contributed by atoms with Gasteiger partial charge >= 0.3 is 29.6 Å². The topological polar surface area (TPSA) is 66.4 Å². The van der Waals surface area contributed by atoms with Crippen molar-refractivity contribution < 1.29 is 51.7 Å². The molecule has 0 aliphatic heterocycles. The van der Waals surface area contributed by atoms with Gasteiger partial charge in [-0.25, -0.2) is 8.42 Å². The van der Waals surface area contributed by atoms with Gasteiger partial charge in [-0.15, -0.1) is 0 Å². The minimum Gasteiger partial charge on any atom is -0.748 e. The Hall–Kier alpha value is 0.800. The third kappa shape index (κ3) is 20.8. The van der Waals surface area contributed by atoms with E-state index in [9.17, 15) is 17.4 Å². The number of unbranched alkanes of at least 4 members (excludes halogenated alkanes) is 8. The smallest absolute Gasteiger partial charge is 0.748 e. The van der Waals surface area contributed by atoms with E-state index in [-0.39, 0.29) is 54.5 Å². The number of ether oxygens (including phenoxy) is 1. The minimum atomic E-state index is -4.12. The van der Waals surface area contributed by atoms with Crippen LogP contribution >= 0.6 is 0 Å². The summed E-state index contributed by atoms with van der Waals surface area (Å²) >= 11 is 0. The molecule has 0 rings (SSSR count). The van der Waals surface area contributed by atoms with Crippen LogP contribution in [0.2, 0.25) is 0 Å². The molecule has 1 atom stereocenters. The van der Waals surface area contributed by atoms with Crippen molar-refractivity contribution in [3.63, 3.8) is 0 Å². The standard InChI is InChI=1S/C15H31FO4S.Na/c1-15(11-14-21(17,18)19)20-13-10-8-6-4-2-3-5-7-9-12-16;/h15H,2-14H2,1H3,(H,17,18,19);/q;+1/p-1. The molecule has 0 bridgehead atoms. The van der Waals surface area contributed by atoms with Gasteiger partial charge in [-0.05, 0) is 26.2 Å². The van der Waals surface area contributed by atoms with Crippen molar-refractivity contribution in [2.45, 2.75) is 77.2 Å². The Kier molecular flexibility index (Phi) is 19.0. The van der Waals surface area contributed by atoms with E-state index in [0.717, 1.165) is 25.7 Å².